The average Bonchev–Trinajstić information content (AvgIpc) is 2.36. The van der Waals surface area contributed by atoms with Gasteiger partial charge >= 0.3 is 5.97 Å². The van der Waals surface area contributed by atoms with Gasteiger partial charge in [0.15, 0.2) is 0 Å². The van der Waals surface area contributed by atoms with Gasteiger partial charge in [-0.05, 0) is 30.2 Å². The molecule has 0 amide bonds. The summed E-state index contributed by atoms with van der Waals surface area (Å²) in [6.07, 6.45) is 0. The van der Waals surface area contributed by atoms with E-state index < -0.39 is 5.97 Å². The van der Waals surface area contributed by atoms with E-state index >= 15 is 0 Å². The van der Waals surface area contributed by atoms with Crippen molar-refractivity contribution in [3.05, 3.63) is 35.5 Å². The van der Waals surface area contributed by atoms with Crippen molar-refractivity contribution in [1.29, 1.82) is 0 Å². The van der Waals surface area contributed by atoms with E-state index in [1.165, 1.54) is 0 Å². The number of methoxy groups -OCH3 is 1. The molecule has 0 aliphatic heterocycles. The Hall–Kier alpha value is -2.10. The second kappa shape index (κ2) is 4.64. The fraction of sp³-hybridized carbons (Fsp3) is 0.286. The Labute approximate surface area is 105 Å². The van der Waals surface area contributed by atoms with Gasteiger partial charge in [-0.25, -0.2) is 9.78 Å². The number of carboxylic acids is 1. The van der Waals surface area contributed by atoms with Gasteiger partial charge in [0.05, 0.1) is 23.9 Å². The first-order valence-corrected chi connectivity index (χ1v) is 5.75. The number of carbonyl (C=O) groups is 1. The van der Waals surface area contributed by atoms with Gasteiger partial charge in [0.2, 0.25) is 0 Å². The molecule has 0 bridgehead atoms. The lowest BCUT2D eigenvalue weighted by molar-refractivity contribution is 0.0697. The third-order valence-electron chi connectivity index (χ3n) is 2.82. The van der Waals surface area contributed by atoms with E-state index in [0.29, 0.717) is 5.75 Å². The summed E-state index contributed by atoms with van der Waals surface area (Å²) in [4.78, 5) is 15.5. The summed E-state index contributed by atoms with van der Waals surface area (Å²) >= 11 is 0. The van der Waals surface area contributed by atoms with Gasteiger partial charge in [-0.2, -0.15) is 0 Å². The molecule has 2 rings (SSSR count). The van der Waals surface area contributed by atoms with Crippen molar-refractivity contribution >= 4 is 16.9 Å². The van der Waals surface area contributed by atoms with Crippen molar-refractivity contribution in [1.82, 2.24) is 4.98 Å². The Bertz CT molecular complexity index is 605. The van der Waals surface area contributed by atoms with E-state index in [4.69, 9.17) is 9.84 Å². The first kappa shape index (κ1) is 12.4. The summed E-state index contributed by atoms with van der Waals surface area (Å²) in [5, 5.41) is 9.74. The number of benzene rings is 1. The van der Waals surface area contributed by atoms with Gasteiger partial charge < -0.3 is 9.84 Å². The van der Waals surface area contributed by atoms with Gasteiger partial charge in [0, 0.05) is 5.39 Å². The predicted molar refractivity (Wildman–Crippen MR) is 69.3 cm³/mol. The molecule has 1 aromatic heterocycles. The molecular weight excluding hydrogens is 230 g/mol. The normalized spacial score (nSPS) is 10.9. The standard InChI is InChI=1S/C14H15NO3/c1-8(2)13-12(18-3)7-10-6-9(14(16)17)4-5-11(10)15-13/h4-8H,1-3H3,(H,16,17). The highest BCUT2D eigenvalue weighted by Crippen LogP contribution is 2.28. The zero-order valence-corrected chi connectivity index (χ0v) is 10.6. The number of rotatable bonds is 3. The highest BCUT2D eigenvalue weighted by Gasteiger charge is 2.12. The van der Waals surface area contributed by atoms with E-state index in [2.05, 4.69) is 4.98 Å². The highest BCUT2D eigenvalue weighted by molar-refractivity contribution is 5.93. The van der Waals surface area contributed by atoms with Crippen molar-refractivity contribution in [2.24, 2.45) is 0 Å². The van der Waals surface area contributed by atoms with Gasteiger partial charge in [-0.15, -0.1) is 0 Å². The molecule has 0 spiro atoms. The molecule has 4 nitrogen and oxygen atoms in total. The van der Waals surface area contributed by atoms with Crippen molar-refractivity contribution in [2.75, 3.05) is 7.11 Å². The molecule has 18 heavy (non-hydrogen) atoms. The van der Waals surface area contributed by atoms with Crippen LogP contribution in [-0.4, -0.2) is 23.2 Å². The van der Waals surface area contributed by atoms with Crippen LogP contribution in [0.15, 0.2) is 24.3 Å². The van der Waals surface area contributed by atoms with Gasteiger partial charge in [-0.1, -0.05) is 13.8 Å². The first-order valence-electron chi connectivity index (χ1n) is 5.75. The number of hydrogen-bond donors (Lipinski definition) is 1. The minimum Gasteiger partial charge on any atom is -0.495 e. The number of nitrogens with zero attached hydrogens (tertiary/aromatic N) is 1. The van der Waals surface area contributed by atoms with Crippen LogP contribution in [-0.2, 0) is 0 Å². The fourth-order valence-electron chi connectivity index (χ4n) is 1.88. The number of ether oxygens (including phenoxy) is 1. The predicted octanol–water partition coefficient (Wildman–Crippen LogP) is 3.07. The summed E-state index contributed by atoms with van der Waals surface area (Å²) in [6.45, 7) is 4.09. The molecule has 4 heteroatoms. The summed E-state index contributed by atoms with van der Waals surface area (Å²) < 4.78 is 5.31. The smallest absolute Gasteiger partial charge is 0.335 e. The SMILES string of the molecule is COc1cc2cc(C(=O)O)ccc2nc1C(C)C. The van der Waals surface area contributed by atoms with Crippen LogP contribution in [0.4, 0.5) is 0 Å². The van der Waals surface area contributed by atoms with E-state index in [0.717, 1.165) is 16.6 Å². The van der Waals surface area contributed by atoms with E-state index in [1.54, 1.807) is 25.3 Å². The maximum absolute atomic E-state index is 10.9. The minimum absolute atomic E-state index is 0.253. The Morgan fingerprint density at radius 3 is 2.61 bits per heavy atom. The topological polar surface area (TPSA) is 59.4 Å². The largest absolute Gasteiger partial charge is 0.495 e. The van der Waals surface area contributed by atoms with Crippen LogP contribution in [0.1, 0.15) is 35.8 Å². The minimum atomic E-state index is -0.941. The van der Waals surface area contributed by atoms with Crippen LogP contribution in [0.3, 0.4) is 0 Å². The quantitative estimate of drug-likeness (QED) is 0.902. The maximum atomic E-state index is 10.9. The fourth-order valence-corrected chi connectivity index (χ4v) is 1.88. The molecular formula is C14H15NO3. The van der Waals surface area contributed by atoms with Crippen molar-refractivity contribution < 1.29 is 14.6 Å². The summed E-state index contributed by atoms with van der Waals surface area (Å²) in [5.74, 6) is 0.00680. The molecule has 0 fully saturated rings. The summed E-state index contributed by atoms with van der Waals surface area (Å²) in [7, 11) is 1.59. The number of aromatic nitrogens is 1. The third kappa shape index (κ3) is 2.14. The molecule has 1 N–H and O–H groups in total. The Morgan fingerprint density at radius 2 is 2.06 bits per heavy atom. The van der Waals surface area contributed by atoms with Crippen molar-refractivity contribution in [2.45, 2.75) is 19.8 Å². The Kier molecular flexibility index (Phi) is 3.19. The second-order valence-electron chi connectivity index (χ2n) is 4.44. The molecule has 2 aromatic rings. The molecule has 1 aromatic carbocycles. The molecule has 94 valence electrons. The Balaban J connectivity index is 2.67. The molecule has 1 heterocycles. The molecule has 0 aliphatic carbocycles. The Morgan fingerprint density at radius 1 is 1.33 bits per heavy atom. The van der Waals surface area contributed by atoms with Gasteiger partial charge in [0.25, 0.3) is 0 Å². The molecule has 0 aliphatic rings. The molecule has 0 saturated carbocycles. The van der Waals surface area contributed by atoms with Crippen molar-refractivity contribution in [3.63, 3.8) is 0 Å². The number of hydrogen-bond acceptors (Lipinski definition) is 3. The van der Waals surface area contributed by atoms with Crippen LogP contribution in [0.2, 0.25) is 0 Å². The van der Waals surface area contributed by atoms with Crippen LogP contribution in [0.5, 0.6) is 5.75 Å². The second-order valence-corrected chi connectivity index (χ2v) is 4.44. The van der Waals surface area contributed by atoms with E-state index in [1.807, 2.05) is 19.9 Å². The third-order valence-corrected chi connectivity index (χ3v) is 2.82. The van der Waals surface area contributed by atoms with Gasteiger partial charge in [-0.3, -0.25) is 0 Å². The molecule has 0 radical (unpaired) electrons. The van der Waals surface area contributed by atoms with Crippen LogP contribution < -0.4 is 4.74 Å². The lowest BCUT2D eigenvalue weighted by atomic mass is 10.1. The summed E-state index contributed by atoms with van der Waals surface area (Å²) in [5.41, 5.74) is 1.92. The molecule has 0 unspecified atom stereocenters. The number of aromatic carboxylic acids is 1. The number of fused-ring (bicyclic) bond motifs is 1. The average molecular weight is 245 g/mol. The summed E-state index contributed by atoms with van der Waals surface area (Å²) in [6, 6.07) is 6.74. The van der Waals surface area contributed by atoms with Gasteiger partial charge in [0.1, 0.15) is 5.75 Å². The van der Waals surface area contributed by atoms with Crippen LogP contribution in [0, 0.1) is 0 Å². The monoisotopic (exact) mass is 245 g/mol. The molecule has 0 saturated heterocycles. The first-order chi connectivity index (χ1) is 8.52. The zero-order valence-electron chi connectivity index (χ0n) is 10.6. The lowest BCUT2D eigenvalue weighted by Gasteiger charge is -2.12. The maximum Gasteiger partial charge on any atom is 0.335 e. The zero-order chi connectivity index (χ0) is 13.3. The van der Waals surface area contributed by atoms with Crippen molar-refractivity contribution in [3.8, 4) is 5.75 Å². The lowest BCUT2D eigenvalue weighted by Crippen LogP contribution is -2.00. The van der Waals surface area contributed by atoms with Crippen LogP contribution >= 0.6 is 0 Å². The highest BCUT2D eigenvalue weighted by atomic mass is 16.5. The van der Waals surface area contributed by atoms with E-state index in [9.17, 15) is 4.79 Å². The molecule has 0 atom stereocenters. The number of carboxylic acid groups (broad SMARTS) is 1. The van der Waals surface area contributed by atoms with Crippen LogP contribution in [0.25, 0.3) is 10.9 Å². The van der Waals surface area contributed by atoms with E-state index in [-0.39, 0.29) is 11.5 Å². The number of pyridine rings is 1.